The van der Waals surface area contributed by atoms with E-state index >= 15 is 0 Å². The first-order valence-electron chi connectivity index (χ1n) is 9.12. The molecule has 2 heteroatoms. The van der Waals surface area contributed by atoms with Crippen molar-refractivity contribution in [1.29, 1.82) is 0 Å². The maximum absolute atomic E-state index is 12.9. The fraction of sp³-hybridized carbons (Fsp3) is 0.250. The molecule has 0 radical (unpaired) electrons. The largest absolute Gasteiger partial charge is 0.290 e. The molecule has 2 bridgehead atoms. The van der Waals surface area contributed by atoms with E-state index in [2.05, 4.69) is 52.0 Å². The summed E-state index contributed by atoms with van der Waals surface area (Å²) in [5.74, 6) is -0.261. The zero-order chi connectivity index (χ0) is 18.3. The van der Waals surface area contributed by atoms with Crippen molar-refractivity contribution in [3.63, 3.8) is 0 Å². The summed E-state index contributed by atoms with van der Waals surface area (Å²) >= 11 is 0. The molecule has 0 heterocycles. The summed E-state index contributed by atoms with van der Waals surface area (Å²) < 4.78 is 0. The van der Waals surface area contributed by atoms with Crippen LogP contribution in [-0.4, -0.2) is 11.6 Å². The van der Waals surface area contributed by atoms with Crippen LogP contribution in [0.2, 0.25) is 0 Å². The molecule has 0 unspecified atom stereocenters. The number of allylic oxidation sites excluding steroid dienone is 4. The van der Waals surface area contributed by atoms with Gasteiger partial charge < -0.3 is 0 Å². The summed E-state index contributed by atoms with van der Waals surface area (Å²) in [6, 6.07) is 8.57. The van der Waals surface area contributed by atoms with Crippen LogP contribution in [0, 0.1) is 27.7 Å². The quantitative estimate of drug-likeness (QED) is 0.661. The Balaban J connectivity index is 1.99. The highest BCUT2D eigenvalue weighted by molar-refractivity contribution is 6.23. The predicted octanol–water partition coefficient (Wildman–Crippen LogP) is 4.52. The van der Waals surface area contributed by atoms with Crippen LogP contribution in [-0.2, 0) is 9.59 Å². The summed E-state index contributed by atoms with van der Waals surface area (Å²) in [7, 11) is 0. The number of aryl methyl sites for hydroxylation is 4. The third-order valence-electron chi connectivity index (χ3n) is 6.39. The second kappa shape index (κ2) is 4.91. The molecule has 0 aliphatic heterocycles. The SMILES string of the molecule is Cc1ccc(C)c2c1C1C3=C(C(=O)C=CC3=O)C2c2c(C)ccc(C)c21. The van der Waals surface area contributed by atoms with Gasteiger partial charge in [0, 0.05) is 23.0 Å². The summed E-state index contributed by atoms with van der Waals surface area (Å²) in [6.45, 7) is 8.48. The van der Waals surface area contributed by atoms with Crippen LogP contribution in [0.4, 0.5) is 0 Å². The lowest BCUT2D eigenvalue weighted by atomic mass is 9.56. The van der Waals surface area contributed by atoms with E-state index in [0.717, 1.165) is 0 Å². The van der Waals surface area contributed by atoms with Crippen LogP contribution in [0.1, 0.15) is 56.3 Å². The summed E-state index contributed by atoms with van der Waals surface area (Å²) in [6.07, 6.45) is 2.91. The minimum Gasteiger partial charge on any atom is -0.290 e. The van der Waals surface area contributed by atoms with Gasteiger partial charge in [-0.05, 0) is 84.4 Å². The van der Waals surface area contributed by atoms with Gasteiger partial charge >= 0.3 is 0 Å². The highest BCUT2D eigenvalue weighted by Gasteiger charge is 2.49. The highest BCUT2D eigenvalue weighted by atomic mass is 16.1. The predicted molar refractivity (Wildman–Crippen MR) is 102 cm³/mol. The fourth-order valence-electron chi connectivity index (χ4n) is 5.30. The number of carbonyl (C=O) groups excluding carboxylic acids is 2. The smallest absolute Gasteiger partial charge is 0.183 e. The lowest BCUT2D eigenvalue weighted by Crippen LogP contribution is -2.37. The van der Waals surface area contributed by atoms with E-state index in [1.165, 1.54) is 56.7 Å². The molecule has 0 spiro atoms. The molecule has 128 valence electrons. The van der Waals surface area contributed by atoms with E-state index < -0.39 is 0 Å². The first kappa shape index (κ1) is 15.5. The van der Waals surface area contributed by atoms with Crippen molar-refractivity contribution in [3.8, 4) is 0 Å². The van der Waals surface area contributed by atoms with E-state index in [1.54, 1.807) is 0 Å². The number of hydrogen-bond donors (Lipinski definition) is 0. The molecule has 26 heavy (non-hydrogen) atoms. The zero-order valence-corrected chi connectivity index (χ0v) is 15.4. The minimum absolute atomic E-state index is 0.00675. The number of benzene rings is 2. The van der Waals surface area contributed by atoms with Crippen molar-refractivity contribution in [2.75, 3.05) is 0 Å². The van der Waals surface area contributed by atoms with E-state index in [9.17, 15) is 9.59 Å². The number of ketones is 2. The van der Waals surface area contributed by atoms with Gasteiger partial charge in [0.2, 0.25) is 0 Å². The third-order valence-corrected chi connectivity index (χ3v) is 6.39. The van der Waals surface area contributed by atoms with Crippen LogP contribution < -0.4 is 0 Å². The van der Waals surface area contributed by atoms with Crippen molar-refractivity contribution in [1.82, 2.24) is 0 Å². The first-order valence-corrected chi connectivity index (χ1v) is 9.12. The zero-order valence-electron chi connectivity index (χ0n) is 15.4. The molecule has 2 nitrogen and oxygen atoms in total. The average molecular weight is 340 g/mol. The molecule has 0 saturated carbocycles. The number of carbonyl (C=O) groups is 2. The highest BCUT2D eigenvalue weighted by Crippen LogP contribution is 2.59. The van der Waals surface area contributed by atoms with Crippen LogP contribution in [0.5, 0.6) is 0 Å². The summed E-state index contributed by atoms with van der Waals surface area (Å²) in [4.78, 5) is 25.8. The lowest BCUT2D eigenvalue weighted by molar-refractivity contribution is -0.115. The molecule has 0 amide bonds. The van der Waals surface area contributed by atoms with E-state index in [4.69, 9.17) is 0 Å². The standard InChI is InChI=1S/C24H20O2/c1-11-5-6-12(2)18-17(11)23-19-13(3)7-8-14(4)20(19)24(18)22-16(26)10-9-15(25)21(22)23/h5-10,23-24H,1-4H3. The molecule has 0 fully saturated rings. The van der Waals surface area contributed by atoms with Gasteiger partial charge in [0.1, 0.15) is 0 Å². The average Bonchev–Trinajstić information content (AvgIpc) is 2.63. The maximum atomic E-state index is 12.9. The summed E-state index contributed by atoms with van der Waals surface area (Å²) in [5.41, 5.74) is 11.2. The van der Waals surface area contributed by atoms with Crippen LogP contribution in [0.15, 0.2) is 47.6 Å². The van der Waals surface area contributed by atoms with Crippen molar-refractivity contribution in [2.45, 2.75) is 39.5 Å². The molecule has 0 N–H and O–H groups in total. The van der Waals surface area contributed by atoms with Crippen LogP contribution in [0.3, 0.4) is 0 Å². The molecule has 6 rings (SSSR count). The Labute approximate surface area is 153 Å². The van der Waals surface area contributed by atoms with Gasteiger partial charge in [-0.2, -0.15) is 0 Å². The Bertz CT molecular complexity index is 966. The van der Waals surface area contributed by atoms with E-state index in [1.807, 2.05) is 0 Å². The number of hydrogen-bond acceptors (Lipinski definition) is 2. The molecule has 2 aromatic rings. The molecule has 2 aromatic carbocycles. The molecule has 4 aliphatic carbocycles. The van der Waals surface area contributed by atoms with Gasteiger partial charge in [0.05, 0.1) is 0 Å². The Morgan fingerprint density at radius 3 is 1.08 bits per heavy atom. The minimum atomic E-state index is -0.124. The van der Waals surface area contributed by atoms with E-state index in [0.29, 0.717) is 11.1 Å². The topological polar surface area (TPSA) is 34.1 Å². The van der Waals surface area contributed by atoms with Crippen LogP contribution in [0.25, 0.3) is 0 Å². The molecular formula is C24H20O2. The Morgan fingerprint density at radius 1 is 0.538 bits per heavy atom. The van der Waals surface area contributed by atoms with Gasteiger partial charge in [-0.25, -0.2) is 0 Å². The normalized spacial score (nSPS) is 22.5. The third kappa shape index (κ3) is 1.67. The Kier molecular flexibility index (Phi) is 2.93. The fourth-order valence-corrected chi connectivity index (χ4v) is 5.30. The Morgan fingerprint density at radius 2 is 0.808 bits per heavy atom. The van der Waals surface area contributed by atoms with Gasteiger partial charge in [-0.3, -0.25) is 9.59 Å². The molecule has 0 aromatic heterocycles. The van der Waals surface area contributed by atoms with Crippen LogP contribution >= 0.6 is 0 Å². The molecular weight excluding hydrogens is 320 g/mol. The first-order chi connectivity index (χ1) is 12.4. The number of rotatable bonds is 0. The Hall–Kier alpha value is -2.74. The second-order valence-electron chi connectivity index (χ2n) is 7.81. The van der Waals surface area contributed by atoms with Gasteiger partial charge in [0.25, 0.3) is 0 Å². The molecule has 0 saturated heterocycles. The van der Waals surface area contributed by atoms with Gasteiger partial charge in [-0.15, -0.1) is 0 Å². The van der Waals surface area contributed by atoms with Gasteiger partial charge in [-0.1, -0.05) is 24.3 Å². The van der Waals surface area contributed by atoms with Crippen molar-refractivity contribution in [3.05, 3.63) is 92.1 Å². The van der Waals surface area contributed by atoms with Crippen molar-refractivity contribution < 1.29 is 9.59 Å². The van der Waals surface area contributed by atoms with Gasteiger partial charge in [0.15, 0.2) is 11.6 Å². The lowest BCUT2D eigenvalue weighted by Gasteiger charge is -2.46. The van der Waals surface area contributed by atoms with Crippen molar-refractivity contribution >= 4 is 11.6 Å². The maximum Gasteiger partial charge on any atom is 0.183 e. The second-order valence-corrected chi connectivity index (χ2v) is 7.81. The monoisotopic (exact) mass is 340 g/mol. The molecule has 4 aliphatic rings. The van der Waals surface area contributed by atoms with Crippen molar-refractivity contribution in [2.24, 2.45) is 0 Å². The molecule has 0 atom stereocenters. The van der Waals surface area contributed by atoms with E-state index in [-0.39, 0.29) is 23.4 Å². The summed E-state index contributed by atoms with van der Waals surface area (Å²) in [5, 5.41) is 0.